The number of aromatic nitrogens is 2. The second kappa shape index (κ2) is 8.40. The van der Waals surface area contributed by atoms with Gasteiger partial charge >= 0.3 is 12.1 Å². The Morgan fingerprint density at radius 3 is 2.72 bits per heavy atom. The fourth-order valence-corrected chi connectivity index (χ4v) is 3.50. The van der Waals surface area contributed by atoms with Crippen LogP contribution in [0.25, 0.3) is 0 Å². The fraction of sp³-hybridized carbons (Fsp3) is 0.389. The van der Waals surface area contributed by atoms with Crippen LogP contribution in [-0.2, 0) is 4.79 Å². The molecule has 2 unspecified atom stereocenters. The smallest absolute Gasteiger partial charge is 0.471 e. The van der Waals surface area contributed by atoms with Crippen LogP contribution < -0.4 is 15.0 Å². The van der Waals surface area contributed by atoms with E-state index in [9.17, 15) is 22.4 Å². The fourth-order valence-electron chi connectivity index (χ4n) is 3.35. The zero-order chi connectivity index (χ0) is 21.2. The van der Waals surface area contributed by atoms with E-state index in [1.165, 1.54) is 31.6 Å². The van der Waals surface area contributed by atoms with E-state index in [1.54, 1.807) is 11.0 Å². The van der Waals surface area contributed by atoms with Crippen molar-refractivity contribution in [1.82, 2.24) is 15.3 Å². The number of carbonyl (C=O) groups is 1. The number of methoxy groups -OCH3 is 1. The standard InChI is InChI=1S/C18H17ClF4N4O2/c1-29-14-3-2-10(6-12(14)20)11-4-5-27(16-8-24-7-15(19)26-16)9-13(11)25-17(28)18(21,22)23/h2-3,6-8,11,13H,4-5,9H2,1H3,(H,25,28). The maximum absolute atomic E-state index is 14.1. The maximum Gasteiger partial charge on any atom is 0.471 e. The first kappa shape index (κ1) is 21.1. The number of anilines is 1. The molecule has 1 aromatic carbocycles. The molecule has 0 bridgehead atoms. The molecule has 0 spiro atoms. The Morgan fingerprint density at radius 1 is 1.34 bits per heavy atom. The zero-order valence-electron chi connectivity index (χ0n) is 15.2. The van der Waals surface area contributed by atoms with Crippen molar-refractivity contribution in [1.29, 1.82) is 0 Å². The van der Waals surface area contributed by atoms with Gasteiger partial charge in [0, 0.05) is 19.0 Å². The number of benzene rings is 1. The normalized spacial score (nSPS) is 19.7. The van der Waals surface area contributed by atoms with Gasteiger partial charge in [-0.25, -0.2) is 9.37 Å². The number of amides is 1. The summed E-state index contributed by atoms with van der Waals surface area (Å²) in [4.78, 5) is 21.3. The van der Waals surface area contributed by atoms with Gasteiger partial charge in [-0.15, -0.1) is 0 Å². The van der Waals surface area contributed by atoms with E-state index in [1.807, 2.05) is 5.32 Å². The predicted molar refractivity (Wildman–Crippen MR) is 97.6 cm³/mol. The summed E-state index contributed by atoms with van der Waals surface area (Å²) >= 11 is 5.84. The lowest BCUT2D eigenvalue weighted by Crippen LogP contribution is -2.54. The van der Waals surface area contributed by atoms with Gasteiger partial charge in [0.05, 0.1) is 25.5 Å². The molecule has 3 rings (SSSR count). The SMILES string of the molecule is COc1ccc(C2CCN(c3cncc(Cl)n3)CC2NC(=O)C(F)(F)F)cc1F. The Bertz CT molecular complexity index is 896. The summed E-state index contributed by atoms with van der Waals surface area (Å²) in [5, 5.41) is 2.17. The van der Waals surface area contributed by atoms with Crippen LogP contribution in [0.15, 0.2) is 30.6 Å². The lowest BCUT2D eigenvalue weighted by Gasteiger charge is -2.39. The maximum atomic E-state index is 14.1. The molecule has 0 saturated carbocycles. The Balaban J connectivity index is 1.89. The first-order valence-corrected chi connectivity index (χ1v) is 9.00. The zero-order valence-corrected chi connectivity index (χ0v) is 16.0. The minimum atomic E-state index is -5.03. The monoisotopic (exact) mass is 432 g/mol. The van der Waals surface area contributed by atoms with Gasteiger partial charge in [-0.1, -0.05) is 17.7 Å². The van der Waals surface area contributed by atoms with Crippen molar-refractivity contribution in [2.24, 2.45) is 0 Å². The third-order valence-corrected chi connectivity index (χ3v) is 4.89. The highest BCUT2D eigenvalue weighted by molar-refractivity contribution is 6.29. The molecular weight excluding hydrogens is 416 g/mol. The summed E-state index contributed by atoms with van der Waals surface area (Å²) < 4.78 is 57.5. The first-order valence-electron chi connectivity index (χ1n) is 8.62. The highest BCUT2D eigenvalue weighted by atomic mass is 35.5. The van der Waals surface area contributed by atoms with Crippen LogP contribution in [0, 0.1) is 5.82 Å². The number of carbonyl (C=O) groups excluding carboxylic acids is 1. The van der Waals surface area contributed by atoms with Crippen molar-refractivity contribution in [3.05, 3.63) is 47.1 Å². The van der Waals surface area contributed by atoms with Crippen molar-refractivity contribution in [3.63, 3.8) is 0 Å². The molecule has 1 N–H and O–H groups in total. The third-order valence-electron chi connectivity index (χ3n) is 4.71. The van der Waals surface area contributed by atoms with E-state index in [0.29, 0.717) is 24.3 Å². The summed E-state index contributed by atoms with van der Waals surface area (Å²) in [6, 6.07) is 3.26. The van der Waals surface area contributed by atoms with Crippen LogP contribution in [-0.4, -0.2) is 48.3 Å². The van der Waals surface area contributed by atoms with E-state index >= 15 is 0 Å². The molecule has 11 heteroatoms. The minimum absolute atomic E-state index is 0.0230. The van der Waals surface area contributed by atoms with Crippen LogP contribution in [0.4, 0.5) is 23.4 Å². The topological polar surface area (TPSA) is 67.3 Å². The number of ether oxygens (including phenoxy) is 1. The van der Waals surface area contributed by atoms with Crippen molar-refractivity contribution in [3.8, 4) is 5.75 Å². The number of alkyl halides is 3. The van der Waals surface area contributed by atoms with Crippen molar-refractivity contribution >= 4 is 23.3 Å². The molecule has 29 heavy (non-hydrogen) atoms. The van der Waals surface area contributed by atoms with Crippen LogP contribution >= 0.6 is 11.6 Å². The summed E-state index contributed by atoms with van der Waals surface area (Å²) in [7, 11) is 1.31. The molecule has 1 aliphatic rings. The minimum Gasteiger partial charge on any atom is -0.494 e. The molecule has 1 saturated heterocycles. The number of rotatable bonds is 4. The molecule has 1 aromatic heterocycles. The van der Waals surface area contributed by atoms with Gasteiger partial charge in [0.15, 0.2) is 11.6 Å². The summed E-state index contributed by atoms with van der Waals surface area (Å²) in [6.07, 6.45) is -1.92. The number of hydrogen-bond donors (Lipinski definition) is 1. The number of hydrogen-bond acceptors (Lipinski definition) is 5. The van der Waals surface area contributed by atoms with E-state index in [4.69, 9.17) is 16.3 Å². The quantitative estimate of drug-likeness (QED) is 0.751. The third kappa shape index (κ3) is 4.87. The molecule has 6 nitrogen and oxygen atoms in total. The molecule has 1 aliphatic heterocycles. The van der Waals surface area contributed by atoms with Gasteiger partial charge < -0.3 is 15.0 Å². The van der Waals surface area contributed by atoms with Crippen LogP contribution in [0.5, 0.6) is 5.75 Å². The largest absolute Gasteiger partial charge is 0.494 e. The molecular formula is C18H17ClF4N4O2. The molecule has 156 valence electrons. The van der Waals surface area contributed by atoms with E-state index < -0.39 is 29.9 Å². The molecule has 0 aliphatic carbocycles. The predicted octanol–water partition coefficient (Wildman–Crippen LogP) is 3.32. The molecule has 2 heterocycles. The lowest BCUT2D eigenvalue weighted by atomic mass is 9.85. The van der Waals surface area contributed by atoms with Crippen molar-refractivity contribution < 1.29 is 27.1 Å². The van der Waals surface area contributed by atoms with Gasteiger partial charge in [-0.3, -0.25) is 9.78 Å². The van der Waals surface area contributed by atoms with Gasteiger partial charge in [0.1, 0.15) is 11.0 Å². The van der Waals surface area contributed by atoms with Gasteiger partial charge in [-0.05, 0) is 24.1 Å². The number of halogens is 5. The molecule has 1 amide bonds. The summed E-state index contributed by atoms with van der Waals surface area (Å²) in [5.74, 6) is -2.82. The second-order valence-corrected chi connectivity index (χ2v) is 6.90. The van der Waals surface area contributed by atoms with Gasteiger partial charge in [0.2, 0.25) is 0 Å². The first-order chi connectivity index (χ1) is 13.7. The molecule has 2 aromatic rings. The number of nitrogens with zero attached hydrogens (tertiary/aromatic N) is 3. The van der Waals surface area contributed by atoms with E-state index in [-0.39, 0.29) is 17.4 Å². The van der Waals surface area contributed by atoms with Crippen molar-refractivity contribution in [2.45, 2.75) is 24.6 Å². The van der Waals surface area contributed by atoms with Crippen LogP contribution in [0.2, 0.25) is 5.15 Å². The number of piperidine rings is 1. The Morgan fingerprint density at radius 2 is 2.10 bits per heavy atom. The number of nitrogens with one attached hydrogen (secondary N) is 1. The molecule has 1 fully saturated rings. The van der Waals surface area contributed by atoms with Crippen LogP contribution in [0.1, 0.15) is 17.9 Å². The Labute approximate surface area is 168 Å². The van der Waals surface area contributed by atoms with E-state index in [0.717, 1.165) is 0 Å². The van der Waals surface area contributed by atoms with Crippen molar-refractivity contribution in [2.75, 3.05) is 25.1 Å². The average Bonchev–Trinajstić information content (AvgIpc) is 2.67. The molecule has 0 radical (unpaired) electrons. The van der Waals surface area contributed by atoms with Crippen LogP contribution in [0.3, 0.4) is 0 Å². The molecule has 2 atom stereocenters. The summed E-state index contributed by atoms with van der Waals surface area (Å²) in [6.45, 7) is 0.431. The van der Waals surface area contributed by atoms with E-state index in [2.05, 4.69) is 9.97 Å². The second-order valence-electron chi connectivity index (χ2n) is 6.51. The highest BCUT2D eigenvalue weighted by Gasteiger charge is 2.42. The average molecular weight is 433 g/mol. The lowest BCUT2D eigenvalue weighted by molar-refractivity contribution is -0.174. The van der Waals surface area contributed by atoms with Gasteiger partial charge in [-0.2, -0.15) is 13.2 Å². The van der Waals surface area contributed by atoms with Gasteiger partial charge in [0.25, 0.3) is 0 Å². The highest BCUT2D eigenvalue weighted by Crippen LogP contribution is 2.33. The Kier molecular flexibility index (Phi) is 6.11. The Hall–Kier alpha value is -2.62. The summed E-state index contributed by atoms with van der Waals surface area (Å²) in [5.41, 5.74) is 0.465.